The van der Waals surface area contributed by atoms with Crippen LogP contribution in [0.25, 0.3) is 33.6 Å². The minimum Gasteiger partial charge on any atom is -0.496 e. The van der Waals surface area contributed by atoms with E-state index in [0.29, 0.717) is 63.6 Å². The first-order valence-corrected chi connectivity index (χ1v) is 15.7. The molecular weight excluding hydrogens is 638 g/mol. The van der Waals surface area contributed by atoms with E-state index in [1.54, 1.807) is 36.4 Å². The second-order valence-corrected chi connectivity index (χ2v) is 11.3. The zero-order chi connectivity index (χ0) is 34.2. The Balaban J connectivity index is 1.41. The lowest BCUT2D eigenvalue weighted by Crippen LogP contribution is -2.15. The Morgan fingerprint density at radius 1 is 0.833 bits per heavy atom. The number of nitrogens with zero attached hydrogens (tertiary/aromatic N) is 2. The molecule has 0 fully saturated rings. The highest BCUT2D eigenvalue weighted by Crippen LogP contribution is 2.44. The number of H-pyrrole nitrogens is 1. The van der Waals surface area contributed by atoms with E-state index in [1.165, 1.54) is 47.3 Å². The molecule has 5 rings (SSSR count). The van der Waals surface area contributed by atoms with Crippen molar-refractivity contribution in [1.29, 1.82) is 5.26 Å². The van der Waals surface area contributed by atoms with Gasteiger partial charge in [-0.3, -0.25) is 9.59 Å². The smallest absolute Gasteiger partial charge is 0.270 e. The monoisotopic (exact) mass is 671 g/mol. The van der Waals surface area contributed by atoms with Gasteiger partial charge in [0.15, 0.2) is 22.4 Å². The number of hydrogen-bond acceptors (Lipinski definition) is 12. The number of nitrogens with one attached hydrogen (secondary N) is 1. The molecule has 248 valence electrons. The Kier molecular flexibility index (Phi) is 10.8. The molecule has 0 bridgehead atoms. The van der Waals surface area contributed by atoms with Gasteiger partial charge in [-0.2, -0.15) is 5.26 Å². The van der Waals surface area contributed by atoms with Crippen LogP contribution in [0.3, 0.4) is 0 Å². The van der Waals surface area contributed by atoms with Gasteiger partial charge in [-0.1, -0.05) is 42.1 Å². The molecule has 2 aromatic heterocycles. The van der Waals surface area contributed by atoms with E-state index < -0.39 is 11.0 Å². The third-order valence-corrected chi connectivity index (χ3v) is 8.31. The molecule has 0 aliphatic rings. The first-order chi connectivity index (χ1) is 23.4. The van der Waals surface area contributed by atoms with Crippen molar-refractivity contribution in [3.63, 3.8) is 0 Å². The third-order valence-electron chi connectivity index (χ3n) is 7.35. The van der Waals surface area contributed by atoms with Crippen molar-refractivity contribution in [1.82, 2.24) is 9.97 Å². The van der Waals surface area contributed by atoms with E-state index in [4.69, 9.17) is 32.8 Å². The molecule has 0 radical (unpaired) electrons. The van der Waals surface area contributed by atoms with Gasteiger partial charge in [0.1, 0.15) is 34.1 Å². The highest BCUT2D eigenvalue weighted by atomic mass is 32.2. The summed E-state index contributed by atoms with van der Waals surface area (Å²) in [7, 11) is 7.45. The maximum atomic E-state index is 14.0. The van der Waals surface area contributed by atoms with Crippen molar-refractivity contribution < 1.29 is 32.8 Å². The molecule has 0 aliphatic heterocycles. The summed E-state index contributed by atoms with van der Waals surface area (Å²) in [4.78, 5) is 33.8. The summed E-state index contributed by atoms with van der Waals surface area (Å²) in [6.45, 7) is 0.180. The van der Waals surface area contributed by atoms with Gasteiger partial charge in [0.05, 0.1) is 47.8 Å². The Morgan fingerprint density at radius 3 is 2.17 bits per heavy atom. The number of hydrogen-bond donors (Lipinski definition) is 1. The topological polar surface area (TPSA) is 155 Å². The van der Waals surface area contributed by atoms with E-state index in [0.717, 1.165) is 0 Å². The minimum atomic E-state index is -0.493. The molecule has 48 heavy (non-hydrogen) atoms. The van der Waals surface area contributed by atoms with Gasteiger partial charge in [-0.25, -0.2) is 4.98 Å². The van der Waals surface area contributed by atoms with Crippen LogP contribution in [0.2, 0.25) is 0 Å². The second kappa shape index (κ2) is 15.3. The molecule has 2 heterocycles. The van der Waals surface area contributed by atoms with Crippen LogP contribution in [-0.4, -0.2) is 57.9 Å². The van der Waals surface area contributed by atoms with Crippen LogP contribution in [0.4, 0.5) is 0 Å². The van der Waals surface area contributed by atoms with E-state index >= 15 is 0 Å². The van der Waals surface area contributed by atoms with Crippen molar-refractivity contribution in [2.75, 3.05) is 47.9 Å². The van der Waals surface area contributed by atoms with Crippen LogP contribution in [0, 0.1) is 11.3 Å². The Labute approximate surface area is 280 Å². The van der Waals surface area contributed by atoms with Crippen molar-refractivity contribution in [2.24, 2.45) is 0 Å². The van der Waals surface area contributed by atoms with Crippen molar-refractivity contribution in [3.05, 3.63) is 80.7 Å². The second-order valence-electron chi connectivity index (χ2n) is 10.2. The Bertz CT molecular complexity index is 2060. The molecule has 0 saturated carbocycles. The largest absolute Gasteiger partial charge is 0.496 e. The summed E-state index contributed by atoms with van der Waals surface area (Å²) < 4.78 is 39.9. The molecular formula is C35H33N3O9S. The van der Waals surface area contributed by atoms with Crippen LogP contribution in [0.5, 0.6) is 34.5 Å². The molecule has 0 atom stereocenters. The molecule has 5 aromatic rings. The van der Waals surface area contributed by atoms with E-state index in [1.807, 2.05) is 24.3 Å². The number of methoxy groups -OCH3 is 5. The molecule has 0 spiro atoms. The van der Waals surface area contributed by atoms with Crippen LogP contribution in [0.1, 0.15) is 18.4 Å². The summed E-state index contributed by atoms with van der Waals surface area (Å²) in [6, 6.07) is 17.6. The van der Waals surface area contributed by atoms with Crippen molar-refractivity contribution in [3.8, 4) is 63.1 Å². The lowest BCUT2D eigenvalue weighted by molar-refractivity contribution is 0.301. The fourth-order valence-corrected chi connectivity index (χ4v) is 5.89. The molecule has 3 aromatic carbocycles. The van der Waals surface area contributed by atoms with E-state index in [-0.39, 0.29) is 40.4 Å². The van der Waals surface area contributed by atoms with Crippen LogP contribution < -0.4 is 39.4 Å². The van der Waals surface area contributed by atoms with Gasteiger partial charge in [-0.15, -0.1) is 0 Å². The normalized spacial score (nSPS) is 10.8. The number of aromatic amines is 1. The zero-order valence-electron chi connectivity index (χ0n) is 27.0. The van der Waals surface area contributed by atoms with Gasteiger partial charge in [0.2, 0.25) is 16.9 Å². The lowest BCUT2D eigenvalue weighted by atomic mass is 10.1. The van der Waals surface area contributed by atoms with Crippen LogP contribution >= 0.6 is 11.8 Å². The SMILES string of the molecule is COc1cc(OC)c2c(=O)c(OCCCCSc3nc(-c4ccccc4)c(C#N)c(=O)[nH]3)c(-c3cc(OC)c(OC)c(OC)c3)oc2c1. The Morgan fingerprint density at radius 2 is 1.54 bits per heavy atom. The average molecular weight is 672 g/mol. The number of ether oxygens (including phenoxy) is 6. The van der Waals surface area contributed by atoms with Crippen LogP contribution in [0.15, 0.2) is 73.8 Å². The number of benzene rings is 3. The zero-order valence-corrected chi connectivity index (χ0v) is 27.8. The number of thioether (sulfide) groups is 1. The first kappa shape index (κ1) is 33.7. The summed E-state index contributed by atoms with van der Waals surface area (Å²) in [5.74, 6) is 2.56. The van der Waals surface area contributed by atoms with Crippen molar-refractivity contribution in [2.45, 2.75) is 18.0 Å². The minimum absolute atomic E-state index is 0.0153. The summed E-state index contributed by atoms with van der Waals surface area (Å²) in [5.41, 5.74) is 0.759. The van der Waals surface area contributed by atoms with Gasteiger partial charge in [0.25, 0.3) is 5.56 Å². The molecule has 1 N–H and O–H groups in total. The molecule has 12 nitrogen and oxygen atoms in total. The molecule has 0 unspecified atom stereocenters. The maximum Gasteiger partial charge on any atom is 0.270 e. The maximum absolute atomic E-state index is 14.0. The van der Waals surface area contributed by atoms with Gasteiger partial charge in [0, 0.05) is 29.0 Å². The number of fused-ring (bicyclic) bond motifs is 1. The predicted molar refractivity (Wildman–Crippen MR) is 181 cm³/mol. The van der Waals surface area contributed by atoms with Gasteiger partial charge in [-0.05, 0) is 25.0 Å². The molecule has 0 amide bonds. The lowest BCUT2D eigenvalue weighted by Gasteiger charge is -2.17. The molecule has 13 heteroatoms. The number of aromatic nitrogens is 2. The predicted octanol–water partition coefficient (Wildman–Crippen LogP) is 6.08. The molecule has 0 saturated heterocycles. The van der Waals surface area contributed by atoms with E-state index in [9.17, 15) is 14.9 Å². The van der Waals surface area contributed by atoms with Gasteiger partial charge >= 0.3 is 0 Å². The van der Waals surface area contributed by atoms with Gasteiger partial charge < -0.3 is 37.8 Å². The Hall–Kier alpha value is -5.61. The van der Waals surface area contributed by atoms with E-state index in [2.05, 4.69) is 9.97 Å². The van der Waals surface area contributed by atoms with Crippen molar-refractivity contribution >= 4 is 22.7 Å². The highest BCUT2D eigenvalue weighted by molar-refractivity contribution is 7.99. The fraction of sp³-hybridized carbons (Fsp3) is 0.257. The number of rotatable bonds is 14. The molecule has 0 aliphatic carbocycles. The van der Waals surface area contributed by atoms with Crippen LogP contribution in [-0.2, 0) is 0 Å². The highest BCUT2D eigenvalue weighted by Gasteiger charge is 2.24. The number of unbranched alkanes of at least 4 members (excludes halogenated alkanes) is 1. The average Bonchev–Trinajstić information content (AvgIpc) is 3.12. The summed E-state index contributed by atoms with van der Waals surface area (Å²) in [6.07, 6.45) is 1.22. The number of nitriles is 1. The fourth-order valence-electron chi connectivity index (χ4n) is 5.03. The summed E-state index contributed by atoms with van der Waals surface area (Å²) >= 11 is 1.35. The quantitative estimate of drug-likeness (QED) is 0.0827. The third kappa shape index (κ3) is 6.89. The summed E-state index contributed by atoms with van der Waals surface area (Å²) in [5, 5.41) is 10.1. The standard InChI is InChI=1S/C35H33N3O9S/c1-41-22-17-24(42-2)28-25(18-22)47-31(21-15-26(43-3)32(45-5)27(16-21)44-4)33(30(28)39)46-13-9-10-14-48-35-37-29(20-11-7-6-8-12-20)23(19-36)34(40)38-35/h6-8,11-12,15-18H,9-10,13-14H2,1-5H3,(H,37,38,40). The first-order valence-electron chi connectivity index (χ1n) is 14.8.